The standard InChI is InChI=1S/C23H34O3/c1-21(2,3)16-10-14(11-17(20(16)26)22(4,5)6)9-15-18(24)12-23(7,8)13-19(15)25/h10-11,24,26H,9,12-13H2,1-8H3. The van der Waals surface area contributed by atoms with Crippen LogP contribution in [0.4, 0.5) is 0 Å². The summed E-state index contributed by atoms with van der Waals surface area (Å²) in [5, 5.41) is 21.3. The lowest BCUT2D eigenvalue weighted by molar-refractivity contribution is -0.118. The maximum absolute atomic E-state index is 12.6. The monoisotopic (exact) mass is 358 g/mol. The first-order chi connectivity index (χ1) is 11.6. The van der Waals surface area contributed by atoms with E-state index in [0.717, 1.165) is 16.7 Å². The molecule has 144 valence electrons. The van der Waals surface area contributed by atoms with Crippen molar-refractivity contribution in [1.29, 1.82) is 0 Å². The SMILES string of the molecule is CC1(C)CC(=O)C(Cc2cc(C(C)(C)C)c(O)c(C(C)(C)C)c2)=C(O)C1. The molecule has 0 atom stereocenters. The number of aromatic hydroxyl groups is 1. The Balaban J connectivity index is 2.56. The van der Waals surface area contributed by atoms with Crippen molar-refractivity contribution in [3.63, 3.8) is 0 Å². The molecule has 26 heavy (non-hydrogen) atoms. The lowest BCUT2D eigenvalue weighted by atomic mass is 9.74. The van der Waals surface area contributed by atoms with E-state index in [1.807, 2.05) is 26.0 Å². The minimum atomic E-state index is -0.213. The second-order valence-corrected chi connectivity index (χ2v) is 10.6. The molecule has 3 heteroatoms. The Bertz CT molecular complexity index is 718. The number of allylic oxidation sites excluding steroid dienone is 2. The molecule has 0 spiro atoms. The van der Waals surface area contributed by atoms with Crippen molar-refractivity contribution in [2.24, 2.45) is 5.41 Å². The van der Waals surface area contributed by atoms with Crippen LogP contribution < -0.4 is 0 Å². The van der Waals surface area contributed by atoms with E-state index in [-0.39, 0.29) is 27.8 Å². The van der Waals surface area contributed by atoms with E-state index in [1.165, 1.54) is 0 Å². The van der Waals surface area contributed by atoms with Crippen LogP contribution in [0.2, 0.25) is 0 Å². The van der Waals surface area contributed by atoms with Gasteiger partial charge in [0, 0.05) is 24.8 Å². The molecule has 3 nitrogen and oxygen atoms in total. The Labute approximate surface area is 158 Å². The lowest BCUT2D eigenvalue weighted by Crippen LogP contribution is -2.27. The van der Waals surface area contributed by atoms with Crippen LogP contribution in [0.1, 0.15) is 84.9 Å². The number of ketones is 1. The van der Waals surface area contributed by atoms with Gasteiger partial charge in [-0.25, -0.2) is 0 Å². The first kappa shape index (κ1) is 20.5. The van der Waals surface area contributed by atoms with Crippen molar-refractivity contribution in [3.05, 3.63) is 40.2 Å². The van der Waals surface area contributed by atoms with Crippen molar-refractivity contribution < 1.29 is 15.0 Å². The van der Waals surface area contributed by atoms with Gasteiger partial charge in [-0.05, 0) is 32.9 Å². The van der Waals surface area contributed by atoms with Gasteiger partial charge in [-0.2, -0.15) is 0 Å². The molecule has 0 heterocycles. The van der Waals surface area contributed by atoms with E-state index in [9.17, 15) is 15.0 Å². The van der Waals surface area contributed by atoms with Crippen LogP contribution in [0.5, 0.6) is 5.75 Å². The highest BCUT2D eigenvalue weighted by Crippen LogP contribution is 2.41. The third-order valence-corrected chi connectivity index (χ3v) is 5.14. The van der Waals surface area contributed by atoms with Crippen LogP contribution in [0, 0.1) is 5.41 Å². The number of carbonyl (C=O) groups excluding carboxylic acids is 1. The Morgan fingerprint density at radius 1 is 0.923 bits per heavy atom. The summed E-state index contributed by atoms with van der Waals surface area (Å²) >= 11 is 0. The van der Waals surface area contributed by atoms with Crippen LogP contribution >= 0.6 is 0 Å². The molecule has 1 aromatic carbocycles. The average Bonchev–Trinajstić information content (AvgIpc) is 2.40. The number of phenolic OH excluding ortho intramolecular Hbond substituents is 1. The van der Waals surface area contributed by atoms with Crippen molar-refractivity contribution >= 4 is 5.78 Å². The van der Waals surface area contributed by atoms with Gasteiger partial charge in [-0.3, -0.25) is 4.79 Å². The van der Waals surface area contributed by atoms with Gasteiger partial charge in [0.05, 0.1) is 5.76 Å². The Kier molecular flexibility index (Phi) is 5.09. The van der Waals surface area contributed by atoms with Gasteiger partial charge < -0.3 is 10.2 Å². The highest BCUT2D eigenvalue weighted by Gasteiger charge is 2.33. The minimum Gasteiger partial charge on any atom is -0.512 e. The lowest BCUT2D eigenvalue weighted by Gasteiger charge is -2.31. The number of rotatable bonds is 2. The van der Waals surface area contributed by atoms with Crippen LogP contribution in [-0.2, 0) is 22.0 Å². The second-order valence-electron chi connectivity index (χ2n) is 10.6. The van der Waals surface area contributed by atoms with E-state index < -0.39 is 0 Å². The van der Waals surface area contributed by atoms with Gasteiger partial charge in [0.2, 0.25) is 0 Å². The van der Waals surface area contributed by atoms with Crippen molar-refractivity contribution in [2.75, 3.05) is 0 Å². The van der Waals surface area contributed by atoms with Gasteiger partial charge in [-0.15, -0.1) is 0 Å². The number of phenols is 1. The molecule has 0 aromatic heterocycles. The van der Waals surface area contributed by atoms with Crippen LogP contribution in [-0.4, -0.2) is 16.0 Å². The van der Waals surface area contributed by atoms with Crippen molar-refractivity contribution in [3.8, 4) is 5.75 Å². The summed E-state index contributed by atoms with van der Waals surface area (Å²) in [5.41, 5.74) is 2.63. The molecule has 0 radical (unpaired) electrons. The van der Waals surface area contributed by atoms with E-state index in [0.29, 0.717) is 30.6 Å². The first-order valence-electron chi connectivity index (χ1n) is 9.43. The van der Waals surface area contributed by atoms with Crippen LogP contribution in [0.15, 0.2) is 23.5 Å². The van der Waals surface area contributed by atoms with E-state index in [2.05, 4.69) is 41.5 Å². The van der Waals surface area contributed by atoms with Crippen molar-refractivity contribution in [1.82, 2.24) is 0 Å². The molecule has 0 saturated heterocycles. The summed E-state index contributed by atoms with van der Waals surface area (Å²) in [4.78, 5) is 12.6. The maximum atomic E-state index is 12.6. The fraction of sp³-hybridized carbons (Fsp3) is 0.609. The fourth-order valence-electron chi connectivity index (χ4n) is 3.67. The van der Waals surface area contributed by atoms with Gasteiger partial charge in [0.25, 0.3) is 0 Å². The molecule has 1 aliphatic carbocycles. The number of benzene rings is 1. The number of aliphatic hydroxyl groups is 1. The third kappa shape index (κ3) is 4.31. The fourth-order valence-corrected chi connectivity index (χ4v) is 3.67. The molecule has 1 aliphatic rings. The quantitative estimate of drug-likeness (QED) is 0.709. The number of hydrogen-bond acceptors (Lipinski definition) is 3. The Morgan fingerprint density at radius 2 is 1.38 bits per heavy atom. The number of Topliss-reactive ketones (excluding diaryl/α,β-unsaturated/α-hetero) is 1. The zero-order valence-corrected chi connectivity index (χ0v) is 17.6. The molecule has 2 N–H and O–H groups in total. The summed E-state index contributed by atoms with van der Waals surface area (Å²) in [6, 6.07) is 3.97. The van der Waals surface area contributed by atoms with Crippen LogP contribution in [0.25, 0.3) is 0 Å². The zero-order valence-electron chi connectivity index (χ0n) is 17.6. The molecule has 2 rings (SSSR count). The molecule has 0 amide bonds. The summed E-state index contributed by atoms with van der Waals surface area (Å²) < 4.78 is 0. The van der Waals surface area contributed by atoms with Crippen molar-refractivity contribution in [2.45, 2.75) is 85.5 Å². The van der Waals surface area contributed by atoms with E-state index in [4.69, 9.17) is 0 Å². The third-order valence-electron chi connectivity index (χ3n) is 5.14. The van der Waals surface area contributed by atoms with Gasteiger partial charge in [0.15, 0.2) is 5.78 Å². The van der Waals surface area contributed by atoms with Gasteiger partial charge >= 0.3 is 0 Å². The zero-order chi connectivity index (χ0) is 20.1. The summed E-state index contributed by atoms with van der Waals surface area (Å²) in [6.45, 7) is 16.5. The Morgan fingerprint density at radius 3 is 1.77 bits per heavy atom. The topological polar surface area (TPSA) is 57.5 Å². The maximum Gasteiger partial charge on any atom is 0.163 e. The van der Waals surface area contributed by atoms with Crippen LogP contribution in [0.3, 0.4) is 0 Å². The molecular weight excluding hydrogens is 324 g/mol. The molecule has 0 unspecified atom stereocenters. The second kappa shape index (κ2) is 6.44. The molecule has 1 aromatic rings. The molecular formula is C23H34O3. The summed E-state index contributed by atoms with van der Waals surface area (Å²) in [7, 11) is 0. The smallest absolute Gasteiger partial charge is 0.163 e. The van der Waals surface area contributed by atoms with Gasteiger partial charge in [0.1, 0.15) is 5.75 Å². The molecule has 0 aliphatic heterocycles. The summed E-state index contributed by atoms with van der Waals surface area (Å²) in [6.07, 6.45) is 1.40. The molecule has 0 saturated carbocycles. The largest absolute Gasteiger partial charge is 0.512 e. The number of aliphatic hydroxyl groups excluding tert-OH is 1. The molecule has 0 bridgehead atoms. The normalized spacial score (nSPS) is 18.4. The first-order valence-corrected chi connectivity index (χ1v) is 9.43. The highest BCUT2D eigenvalue weighted by molar-refractivity contribution is 5.97. The Hall–Kier alpha value is -1.77. The predicted molar refractivity (Wildman–Crippen MR) is 107 cm³/mol. The minimum absolute atomic E-state index is 0.0291. The molecule has 0 fully saturated rings. The van der Waals surface area contributed by atoms with Gasteiger partial charge in [-0.1, -0.05) is 67.5 Å². The summed E-state index contributed by atoms with van der Waals surface area (Å²) in [5.74, 6) is 0.582. The van der Waals surface area contributed by atoms with E-state index >= 15 is 0 Å². The number of carbonyl (C=O) groups is 1. The highest BCUT2D eigenvalue weighted by atomic mass is 16.3. The number of hydrogen-bond donors (Lipinski definition) is 2. The van der Waals surface area contributed by atoms with E-state index in [1.54, 1.807) is 0 Å². The predicted octanol–water partition coefficient (Wildman–Crippen LogP) is 5.73. The average molecular weight is 359 g/mol.